The van der Waals surface area contributed by atoms with Crippen LogP contribution < -0.4 is 5.32 Å². The van der Waals surface area contributed by atoms with E-state index in [1.807, 2.05) is 28.8 Å². The van der Waals surface area contributed by atoms with Crippen molar-refractivity contribution in [3.8, 4) is 0 Å². The van der Waals surface area contributed by atoms with E-state index in [1.165, 1.54) is 12.1 Å². The van der Waals surface area contributed by atoms with Crippen LogP contribution in [0.2, 0.25) is 0 Å². The van der Waals surface area contributed by atoms with E-state index in [2.05, 4.69) is 5.32 Å². The average Bonchev–Trinajstić information content (AvgIpc) is 2.90. The highest BCUT2D eigenvalue weighted by Gasteiger charge is 2.35. The van der Waals surface area contributed by atoms with Crippen LogP contribution in [0.25, 0.3) is 0 Å². The van der Waals surface area contributed by atoms with Gasteiger partial charge in [0.15, 0.2) is 0 Å². The maximum Gasteiger partial charge on any atom is 0.317 e. The molecule has 0 bridgehead atoms. The fourth-order valence-electron chi connectivity index (χ4n) is 3.44. The number of hydrogen-bond acceptors (Lipinski definition) is 3. The zero-order valence-corrected chi connectivity index (χ0v) is 14.7. The van der Waals surface area contributed by atoms with Crippen molar-refractivity contribution in [2.45, 2.75) is 24.7 Å². The van der Waals surface area contributed by atoms with Crippen molar-refractivity contribution in [2.24, 2.45) is 0 Å². The predicted octanol–water partition coefficient (Wildman–Crippen LogP) is 3.02. The summed E-state index contributed by atoms with van der Waals surface area (Å²) in [5, 5.41) is 3.13. The van der Waals surface area contributed by atoms with Crippen molar-refractivity contribution in [1.29, 1.82) is 0 Å². The fourth-order valence-corrected chi connectivity index (χ4v) is 4.33. The van der Waals surface area contributed by atoms with Gasteiger partial charge in [-0.3, -0.25) is 0 Å². The molecule has 6 heteroatoms. The van der Waals surface area contributed by atoms with Gasteiger partial charge in [-0.15, -0.1) is 0 Å². The number of nitrogens with zero attached hydrogens (tertiary/aromatic N) is 1. The molecule has 1 aromatic rings. The Labute approximate surface area is 147 Å². The highest BCUT2D eigenvalue weighted by Crippen LogP contribution is 2.34. The molecule has 1 aromatic carbocycles. The smallest absolute Gasteiger partial charge is 0.317 e. The number of thioether (sulfide) groups is 1. The Morgan fingerprint density at radius 1 is 1.21 bits per heavy atom. The summed E-state index contributed by atoms with van der Waals surface area (Å²) in [6.45, 7) is 3.56. The number of urea groups is 1. The van der Waals surface area contributed by atoms with Crippen LogP contribution in [0.1, 0.15) is 24.8 Å². The molecule has 4 nitrogen and oxygen atoms in total. The van der Waals surface area contributed by atoms with Gasteiger partial charge in [0.2, 0.25) is 0 Å². The van der Waals surface area contributed by atoms with Crippen molar-refractivity contribution in [1.82, 2.24) is 10.2 Å². The van der Waals surface area contributed by atoms with Crippen LogP contribution >= 0.6 is 11.8 Å². The number of carbonyl (C=O) groups is 1. The summed E-state index contributed by atoms with van der Waals surface area (Å²) in [7, 11) is 0. The first-order chi connectivity index (χ1) is 11.7. The summed E-state index contributed by atoms with van der Waals surface area (Å²) in [5.74, 6) is 1.90. The number of ether oxygens (including phenoxy) is 1. The normalized spacial score (nSPS) is 21.1. The Morgan fingerprint density at radius 2 is 1.96 bits per heavy atom. The van der Waals surface area contributed by atoms with E-state index in [0.29, 0.717) is 19.8 Å². The standard InChI is InChI=1S/C18H25FN2O2S/c19-16-4-2-15(3-5-16)18(6-10-23-11-7-18)14-20-17(22)21-8-1-12-24-13-9-21/h2-5H,1,6-14H2,(H,20,22). The Kier molecular flexibility index (Phi) is 6.00. The number of benzene rings is 1. The van der Waals surface area contributed by atoms with Gasteiger partial charge in [0.05, 0.1) is 0 Å². The number of amides is 2. The Balaban J connectivity index is 1.68. The predicted molar refractivity (Wildman–Crippen MR) is 95.0 cm³/mol. The second-order valence-corrected chi connectivity index (χ2v) is 7.74. The van der Waals surface area contributed by atoms with Crippen molar-refractivity contribution in [3.63, 3.8) is 0 Å². The van der Waals surface area contributed by atoms with Crippen molar-refractivity contribution >= 4 is 17.8 Å². The third-order valence-corrected chi connectivity index (χ3v) is 6.04. The zero-order chi connectivity index (χ0) is 16.8. The van der Waals surface area contributed by atoms with E-state index in [4.69, 9.17) is 4.74 Å². The van der Waals surface area contributed by atoms with Crippen molar-refractivity contribution in [3.05, 3.63) is 35.6 Å². The van der Waals surface area contributed by atoms with Crippen molar-refractivity contribution in [2.75, 3.05) is 44.4 Å². The van der Waals surface area contributed by atoms with Crippen molar-refractivity contribution < 1.29 is 13.9 Å². The van der Waals surface area contributed by atoms with Gasteiger partial charge in [0.1, 0.15) is 5.82 Å². The van der Waals surface area contributed by atoms with Crippen LogP contribution in [-0.4, -0.2) is 55.3 Å². The van der Waals surface area contributed by atoms with Gasteiger partial charge in [0.25, 0.3) is 0 Å². The third-order valence-electron chi connectivity index (χ3n) is 4.99. The SMILES string of the molecule is O=C(NCC1(c2ccc(F)cc2)CCOCC1)N1CCCSCC1. The summed E-state index contributed by atoms with van der Waals surface area (Å²) in [4.78, 5) is 14.4. The van der Waals surface area contributed by atoms with Crippen LogP contribution in [0.15, 0.2) is 24.3 Å². The molecule has 24 heavy (non-hydrogen) atoms. The summed E-state index contributed by atoms with van der Waals surface area (Å²) in [5.41, 5.74) is 0.918. The van der Waals surface area contributed by atoms with Crippen LogP contribution in [0.4, 0.5) is 9.18 Å². The molecule has 2 aliphatic rings. The van der Waals surface area contributed by atoms with Crippen LogP contribution in [0.3, 0.4) is 0 Å². The Hall–Kier alpha value is -1.27. The molecular weight excluding hydrogens is 327 g/mol. The number of nitrogens with one attached hydrogen (secondary N) is 1. The molecule has 0 saturated carbocycles. The van der Waals surface area contributed by atoms with E-state index in [9.17, 15) is 9.18 Å². The van der Waals surface area contributed by atoms with Gasteiger partial charge >= 0.3 is 6.03 Å². The van der Waals surface area contributed by atoms with Gasteiger partial charge in [-0.2, -0.15) is 11.8 Å². The molecule has 0 aliphatic carbocycles. The van der Waals surface area contributed by atoms with Gasteiger partial charge < -0.3 is 15.0 Å². The molecule has 132 valence electrons. The lowest BCUT2D eigenvalue weighted by Crippen LogP contribution is -2.49. The monoisotopic (exact) mass is 352 g/mol. The third kappa shape index (κ3) is 4.22. The number of carbonyl (C=O) groups excluding carboxylic acids is 1. The van der Waals surface area contributed by atoms with E-state index < -0.39 is 0 Å². The Bertz CT molecular complexity index is 538. The molecule has 2 saturated heterocycles. The summed E-state index contributed by atoms with van der Waals surface area (Å²) < 4.78 is 18.8. The molecule has 0 atom stereocenters. The first-order valence-corrected chi connectivity index (χ1v) is 9.79. The van der Waals surface area contributed by atoms with Crippen LogP contribution in [0.5, 0.6) is 0 Å². The summed E-state index contributed by atoms with van der Waals surface area (Å²) in [6, 6.07) is 6.71. The number of hydrogen-bond donors (Lipinski definition) is 1. The van der Waals surface area contributed by atoms with Gasteiger partial charge in [-0.25, -0.2) is 9.18 Å². The largest absolute Gasteiger partial charge is 0.381 e. The second-order valence-electron chi connectivity index (χ2n) is 6.51. The average molecular weight is 352 g/mol. The first-order valence-electron chi connectivity index (χ1n) is 8.64. The minimum Gasteiger partial charge on any atom is -0.381 e. The molecule has 3 rings (SSSR count). The molecule has 0 radical (unpaired) electrons. The molecule has 2 fully saturated rings. The van der Waals surface area contributed by atoms with Crippen LogP contribution in [0, 0.1) is 5.82 Å². The molecule has 0 unspecified atom stereocenters. The van der Waals surface area contributed by atoms with E-state index in [0.717, 1.165) is 49.4 Å². The van der Waals surface area contributed by atoms with E-state index in [1.54, 1.807) is 0 Å². The molecule has 2 heterocycles. The van der Waals surface area contributed by atoms with Gasteiger partial charge in [-0.1, -0.05) is 12.1 Å². The first kappa shape index (κ1) is 17.5. The quantitative estimate of drug-likeness (QED) is 0.909. The maximum atomic E-state index is 13.3. The highest BCUT2D eigenvalue weighted by molar-refractivity contribution is 7.99. The van der Waals surface area contributed by atoms with Gasteiger partial charge in [0, 0.05) is 44.0 Å². The maximum absolute atomic E-state index is 13.3. The summed E-state index contributed by atoms with van der Waals surface area (Å²) >= 11 is 1.91. The lowest BCUT2D eigenvalue weighted by Gasteiger charge is -2.38. The number of rotatable bonds is 3. The zero-order valence-electron chi connectivity index (χ0n) is 13.9. The van der Waals surface area contributed by atoms with Crippen LogP contribution in [-0.2, 0) is 10.2 Å². The highest BCUT2D eigenvalue weighted by atomic mass is 32.2. The summed E-state index contributed by atoms with van der Waals surface area (Å²) in [6.07, 6.45) is 2.73. The minimum atomic E-state index is -0.230. The molecule has 2 amide bonds. The second kappa shape index (κ2) is 8.21. The van der Waals surface area contributed by atoms with Gasteiger partial charge in [-0.05, 0) is 42.7 Å². The fraction of sp³-hybridized carbons (Fsp3) is 0.611. The minimum absolute atomic E-state index is 0.0190. The van der Waals surface area contributed by atoms with E-state index in [-0.39, 0.29) is 17.3 Å². The number of halogens is 1. The molecule has 2 aliphatic heterocycles. The molecule has 0 spiro atoms. The molecule has 0 aromatic heterocycles. The lowest BCUT2D eigenvalue weighted by atomic mass is 9.74. The van der Waals surface area contributed by atoms with E-state index >= 15 is 0 Å². The molecule has 1 N–H and O–H groups in total. The lowest BCUT2D eigenvalue weighted by molar-refractivity contribution is 0.0501. The Morgan fingerprint density at radius 3 is 2.71 bits per heavy atom. The topological polar surface area (TPSA) is 41.6 Å². The molecular formula is C18H25FN2O2S.